The van der Waals surface area contributed by atoms with E-state index in [-0.39, 0.29) is 5.91 Å². The fourth-order valence-corrected chi connectivity index (χ4v) is 5.32. The molecule has 0 saturated heterocycles. The van der Waals surface area contributed by atoms with Crippen LogP contribution in [0.1, 0.15) is 47.7 Å². The van der Waals surface area contributed by atoms with Crippen LogP contribution < -0.4 is 20.1 Å². The van der Waals surface area contributed by atoms with Crippen LogP contribution in [0.5, 0.6) is 11.5 Å². The summed E-state index contributed by atoms with van der Waals surface area (Å²) in [5.74, 6) is 1.33. The highest BCUT2D eigenvalue weighted by Gasteiger charge is 2.35. The first-order chi connectivity index (χ1) is 19.2. The molecule has 1 atom stereocenters. The number of tetrazole rings is 1. The molecular formula is C30H31BrN6O3. The van der Waals surface area contributed by atoms with E-state index in [0.29, 0.717) is 46.4 Å². The number of halogens is 1. The average molecular weight is 604 g/mol. The molecule has 1 aliphatic heterocycles. The highest BCUT2D eigenvalue weighted by atomic mass is 79.9. The minimum absolute atomic E-state index is 0.253. The van der Waals surface area contributed by atoms with E-state index >= 15 is 0 Å². The molecular weight excluding hydrogens is 572 g/mol. The maximum absolute atomic E-state index is 13.8. The topological polar surface area (TPSA) is 103 Å². The van der Waals surface area contributed by atoms with E-state index in [0.717, 1.165) is 27.9 Å². The zero-order valence-corrected chi connectivity index (χ0v) is 24.7. The first-order valence-electron chi connectivity index (χ1n) is 13.0. The number of hydrogen-bond donors (Lipinski definition) is 2. The maximum atomic E-state index is 13.8. The van der Waals surface area contributed by atoms with Crippen molar-refractivity contribution in [3.05, 3.63) is 98.2 Å². The van der Waals surface area contributed by atoms with Crippen LogP contribution in [0.2, 0.25) is 0 Å². The van der Waals surface area contributed by atoms with E-state index in [1.807, 2.05) is 70.2 Å². The van der Waals surface area contributed by atoms with E-state index in [1.54, 1.807) is 4.68 Å². The molecule has 0 bridgehead atoms. The monoisotopic (exact) mass is 602 g/mol. The second-order valence-corrected chi connectivity index (χ2v) is 10.7. The van der Waals surface area contributed by atoms with Gasteiger partial charge in [0.05, 0.1) is 16.7 Å². The SMILES string of the molecule is CCOc1cc(C2C(C(=O)Nc3ccc(C)cc3C)=C(C)Nc3nnnn32)cc(Br)c1OCc1ccc(C)cc1. The minimum Gasteiger partial charge on any atom is -0.490 e. The van der Waals surface area contributed by atoms with Gasteiger partial charge in [-0.2, -0.15) is 4.68 Å². The molecule has 3 aromatic carbocycles. The molecule has 2 heterocycles. The number of carbonyl (C=O) groups is 1. The van der Waals surface area contributed by atoms with Gasteiger partial charge in [-0.3, -0.25) is 4.79 Å². The van der Waals surface area contributed by atoms with Crippen LogP contribution in [0, 0.1) is 20.8 Å². The number of fused-ring (bicyclic) bond motifs is 1. The molecule has 1 unspecified atom stereocenters. The van der Waals surface area contributed by atoms with E-state index in [9.17, 15) is 4.79 Å². The number of ether oxygens (including phenoxy) is 2. The number of hydrogen-bond acceptors (Lipinski definition) is 7. The number of nitrogens with one attached hydrogen (secondary N) is 2. The molecule has 4 aromatic rings. The Kier molecular flexibility index (Phi) is 7.88. The fraction of sp³-hybridized carbons (Fsp3) is 0.267. The van der Waals surface area contributed by atoms with E-state index in [1.165, 1.54) is 5.56 Å². The molecule has 2 N–H and O–H groups in total. The lowest BCUT2D eigenvalue weighted by atomic mass is 9.94. The Morgan fingerprint density at radius 1 is 1.02 bits per heavy atom. The van der Waals surface area contributed by atoms with Gasteiger partial charge in [-0.1, -0.05) is 52.6 Å². The maximum Gasteiger partial charge on any atom is 0.255 e. The van der Waals surface area contributed by atoms with Crippen LogP contribution in [0.4, 0.5) is 11.6 Å². The highest BCUT2D eigenvalue weighted by Crippen LogP contribution is 2.43. The van der Waals surface area contributed by atoms with E-state index in [2.05, 4.69) is 61.1 Å². The molecule has 0 fully saturated rings. The Balaban J connectivity index is 1.53. The Morgan fingerprint density at radius 3 is 2.50 bits per heavy atom. The predicted octanol–water partition coefficient (Wildman–Crippen LogP) is 6.27. The summed E-state index contributed by atoms with van der Waals surface area (Å²) >= 11 is 3.69. The lowest BCUT2D eigenvalue weighted by Crippen LogP contribution is -2.31. The Hall–Kier alpha value is -4.18. The number of benzene rings is 3. The Bertz CT molecular complexity index is 1600. The fourth-order valence-electron chi connectivity index (χ4n) is 4.75. The lowest BCUT2D eigenvalue weighted by molar-refractivity contribution is -0.113. The number of carbonyl (C=O) groups excluding carboxylic acids is 1. The second kappa shape index (κ2) is 11.5. The molecule has 0 spiro atoms. The van der Waals surface area contributed by atoms with Crippen LogP contribution in [0.15, 0.2) is 70.3 Å². The molecule has 0 aliphatic carbocycles. The van der Waals surface area contributed by atoms with Crippen molar-refractivity contribution in [3.8, 4) is 11.5 Å². The summed E-state index contributed by atoms with van der Waals surface area (Å²) < 4.78 is 14.5. The zero-order valence-electron chi connectivity index (χ0n) is 23.1. The molecule has 1 amide bonds. The average Bonchev–Trinajstić information content (AvgIpc) is 3.38. The second-order valence-electron chi connectivity index (χ2n) is 9.82. The predicted molar refractivity (Wildman–Crippen MR) is 158 cm³/mol. The van der Waals surface area contributed by atoms with Crippen molar-refractivity contribution in [2.75, 3.05) is 17.2 Å². The van der Waals surface area contributed by atoms with Crippen molar-refractivity contribution in [1.29, 1.82) is 0 Å². The summed E-state index contributed by atoms with van der Waals surface area (Å²) in [6.45, 7) is 10.6. The Labute approximate surface area is 241 Å². The largest absolute Gasteiger partial charge is 0.490 e. The summed E-state index contributed by atoms with van der Waals surface area (Å²) in [5.41, 5.74) is 6.99. The number of aromatic nitrogens is 4. The minimum atomic E-state index is -0.612. The number of anilines is 2. The summed E-state index contributed by atoms with van der Waals surface area (Å²) in [6, 6.07) is 17.3. The smallest absolute Gasteiger partial charge is 0.255 e. The summed E-state index contributed by atoms with van der Waals surface area (Å²) in [4.78, 5) is 13.8. The lowest BCUT2D eigenvalue weighted by Gasteiger charge is -2.29. The van der Waals surface area contributed by atoms with Crippen LogP contribution in [-0.2, 0) is 11.4 Å². The normalized spacial score (nSPS) is 14.4. The molecule has 1 aromatic heterocycles. The molecule has 0 saturated carbocycles. The number of nitrogens with zero attached hydrogens (tertiary/aromatic N) is 4. The summed E-state index contributed by atoms with van der Waals surface area (Å²) in [6.07, 6.45) is 0. The van der Waals surface area contributed by atoms with E-state index < -0.39 is 6.04 Å². The van der Waals surface area contributed by atoms with Crippen LogP contribution in [0.3, 0.4) is 0 Å². The van der Waals surface area contributed by atoms with Crippen molar-refractivity contribution < 1.29 is 14.3 Å². The van der Waals surface area contributed by atoms with Crippen molar-refractivity contribution in [2.24, 2.45) is 0 Å². The van der Waals surface area contributed by atoms with Crippen LogP contribution >= 0.6 is 15.9 Å². The van der Waals surface area contributed by atoms with Gasteiger partial charge in [0.1, 0.15) is 12.6 Å². The van der Waals surface area contributed by atoms with Gasteiger partial charge < -0.3 is 20.1 Å². The zero-order chi connectivity index (χ0) is 28.4. The van der Waals surface area contributed by atoms with Gasteiger partial charge in [-0.05, 0) is 95.9 Å². The number of amides is 1. The van der Waals surface area contributed by atoms with Gasteiger partial charge in [0.2, 0.25) is 5.95 Å². The van der Waals surface area contributed by atoms with Gasteiger partial charge in [0.15, 0.2) is 11.5 Å². The third-order valence-electron chi connectivity index (χ3n) is 6.74. The van der Waals surface area contributed by atoms with Crippen LogP contribution in [-0.4, -0.2) is 32.7 Å². The summed E-state index contributed by atoms with van der Waals surface area (Å²) in [5, 5.41) is 18.4. The number of aryl methyl sites for hydroxylation is 3. The first kappa shape index (κ1) is 27.4. The standard InChI is InChI=1S/C30H31BrN6O3/c1-6-39-25-15-22(14-23(31)28(25)40-16-21-10-7-17(2)8-11-21)27-26(20(5)32-30-34-35-36-37(27)30)29(38)33-24-12-9-18(3)13-19(24)4/h7-15,27H,6,16H2,1-5H3,(H,33,38)(H,32,34,36). The third kappa shape index (κ3) is 5.58. The van der Waals surface area contributed by atoms with Crippen molar-refractivity contribution in [1.82, 2.24) is 20.2 Å². The Morgan fingerprint density at radius 2 is 1.77 bits per heavy atom. The summed E-state index contributed by atoms with van der Waals surface area (Å²) in [7, 11) is 0. The molecule has 10 heteroatoms. The van der Waals surface area contributed by atoms with Crippen molar-refractivity contribution in [3.63, 3.8) is 0 Å². The van der Waals surface area contributed by atoms with Crippen LogP contribution in [0.25, 0.3) is 0 Å². The molecule has 40 heavy (non-hydrogen) atoms. The van der Waals surface area contributed by atoms with Gasteiger partial charge in [-0.15, -0.1) is 0 Å². The number of rotatable bonds is 8. The molecule has 9 nitrogen and oxygen atoms in total. The van der Waals surface area contributed by atoms with Crippen molar-refractivity contribution >= 4 is 33.5 Å². The van der Waals surface area contributed by atoms with E-state index in [4.69, 9.17) is 9.47 Å². The third-order valence-corrected chi connectivity index (χ3v) is 7.33. The van der Waals surface area contributed by atoms with Gasteiger partial charge in [0, 0.05) is 11.4 Å². The molecule has 5 rings (SSSR count). The molecule has 206 valence electrons. The molecule has 1 aliphatic rings. The van der Waals surface area contributed by atoms with Gasteiger partial charge >= 0.3 is 0 Å². The molecule has 0 radical (unpaired) electrons. The first-order valence-corrected chi connectivity index (χ1v) is 13.8. The highest BCUT2D eigenvalue weighted by molar-refractivity contribution is 9.10. The van der Waals surface area contributed by atoms with Gasteiger partial charge in [-0.25, -0.2) is 0 Å². The quantitative estimate of drug-likeness (QED) is 0.245. The van der Waals surface area contributed by atoms with Gasteiger partial charge in [0.25, 0.3) is 5.91 Å². The van der Waals surface area contributed by atoms with Crippen molar-refractivity contribution in [2.45, 2.75) is 47.3 Å². The number of allylic oxidation sites excluding steroid dienone is 1.